The molecule has 1 N–H and O–H groups in total. The number of benzene rings is 2. The summed E-state index contributed by atoms with van der Waals surface area (Å²) in [5.74, 6) is -0.406. The van der Waals surface area contributed by atoms with Gasteiger partial charge in [0.1, 0.15) is 12.0 Å². The van der Waals surface area contributed by atoms with E-state index < -0.39 is 12.0 Å². The van der Waals surface area contributed by atoms with E-state index in [2.05, 4.69) is 5.32 Å². The Balaban J connectivity index is 1.86. The molecule has 2 aromatic carbocycles. The minimum atomic E-state index is -1.15. The molecule has 0 aliphatic carbocycles. The number of para-hydroxylation sites is 1. The molecule has 0 saturated carbocycles. The lowest BCUT2D eigenvalue weighted by Crippen LogP contribution is -2.02. The summed E-state index contributed by atoms with van der Waals surface area (Å²) in [6.45, 7) is 0.844. The number of halogens is 3. The molecule has 1 aliphatic rings. The largest absolute Gasteiger partial charge is 0.384 e. The van der Waals surface area contributed by atoms with Crippen molar-refractivity contribution in [3.8, 4) is 0 Å². The molecule has 2 aromatic rings. The van der Waals surface area contributed by atoms with E-state index in [-0.39, 0.29) is 11.4 Å². The lowest BCUT2D eigenvalue weighted by atomic mass is 9.99. The van der Waals surface area contributed by atoms with E-state index in [1.54, 1.807) is 12.1 Å². The Labute approximate surface area is 121 Å². The first-order valence-electron chi connectivity index (χ1n) is 6.59. The topological polar surface area (TPSA) is 12.0 Å². The van der Waals surface area contributed by atoms with Crippen molar-refractivity contribution in [2.24, 2.45) is 0 Å². The molecule has 104 valence electrons. The summed E-state index contributed by atoms with van der Waals surface area (Å²) >= 11 is 5.96. The van der Waals surface area contributed by atoms with Crippen LogP contribution in [0, 0.1) is 5.82 Å². The summed E-state index contributed by atoms with van der Waals surface area (Å²) in [4.78, 5) is 0. The van der Waals surface area contributed by atoms with Crippen LogP contribution in [0.15, 0.2) is 36.4 Å². The maximum atomic E-state index is 14.6. The summed E-state index contributed by atoms with van der Waals surface area (Å²) in [5, 5.41) is 3.50. The summed E-state index contributed by atoms with van der Waals surface area (Å²) in [6.07, 6.45) is -0.0803. The molecule has 1 nitrogen and oxygen atoms in total. The van der Waals surface area contributed by atoms with Crippen molar-refractivity contribution < 1.29 is 8.78 Å². The van der Waals surface area contributed by atoms with Gasteiger partial charge >= 0.3 is 0 Å². The van der Waals surface area contributed by atoms with Crippen LogP contribution < -0.4 is 5.32 Å². The quantitative estimate of drug-likeness (QED) is 0.865. The third kappa shape index (κ3) is 2.50. The molecule has 1 heterocycles. The van der Waals surface area contributed by atoms with Gasteiger partial charge in [0.25, 0.3) is 0 Å². The molecule has 0 radical (unpaired) electrons. The van der Waals surface area contributed by atoms with Gasteiger partial charge in [0.05, 0.1) is 0 Å². The van der Waals surface area contributed by atoms with Gasteiger partial charge in [0.15, 0.2) is 0 Å². The highest BCUT2D eigenvalue weighted by molar-refractivity contribution is 6.31. The highest BCUT2D eigenvalue weighted by atomic mass is 35.5. The Bertz CT molecular complexity index is 642. The average molecular weight is 294 g/mol. The van der Waals surface area contributed by atoms with E-state index in [4.69, 9.17) is 11.6 Å². The first-order valence-corrected chi connectivity index (χ1v) is 6.96. The number of hydrogen-bond donors (Lipinski definition) is 1. The Morgan fingerprint density at radius 1 is 1.25 bits per heavy atom. The zero-order valence-electron chi connectivity index (χ0n) is 10.8. The van der Waals surface area contributed by atoms with Crippen molar-refractivity contribution in [3.63, 3.8) is 0 Å². The van der Waals surface area contributed by atoms with Crippen molar-refractivity contribution in [2.45, 2.75) is 19.0 Å². The number of fused-ring (bicyclic) bond motifs is 1. The molecular formula is C16H14ClF2N. The molecule has 4 heteroatoms. The van der Waals surface area contributed by atoms with Crippen LogP contribution in [0.1, 0.15) is 22.9 Å². The molecular weight excluding hydrogens is 280 g/mol. The monoisotopic (exact) mass is 293 g/mol. The third-order valence-corrected chi connectivity index (χ3v) is 3.98. The number of hydrogen-bond acceptors (Lipinski definition) is 1. The third-order valence-electron chi connectivity index (χ3n) is 3.63. The summed E-state index contributed by atoms with van der Waals surface area (Å²) in [6, 6.07) is 9.75. The molecule has 1 unspecified atom stereocenters. The van der Waals surface area contributed by atoms with Gasteiger partial charge in [-0.15, -0.1) is 0 Å². The van der Waals surface area contributed by atoms with E-state index in [0.29, 0.717) is 11.1 Å². The SMILES string of the molecule is Fc1ccc(CC(F)c2cccc3c2NCC3)c(Cl)c1. The predicted octanol–water partition coefficient (Wildman–Crippen LogP) is 4.70. The van der Waals surface area contributed by atoms with Gasteiger partial charge in [-0.3, -0.25) is 0 Å². The Hall–Kier alpha value is -1.61. The minimum absolute atomic E-state index is 0.150. The number of anilines is 1. The molecule has 1 atom stereocenters. The van der Waals surface area contributed by atoms with E-state index >= 15 is 0 Å². The fourth-order valence-electron chi connectivity index (χ4n) is 2.62. The van der Waals surface area contributed by atoms with Crippen LogP contribution >= 0.6 is 11.6 Å². The molecule has 0 fully saturated rings. The maximum Gasteiger partial charge on any atom is 0.131 e. The van der Waals surface area contributed by atoms with Crippen molar-refractivity contribution in [1.29, 1.82) is 0 Å². The zero-order chi connectivity index (χ0) is 14.1. The molecule has 0 aromatic heterocycles. The van der Waals surface area contributed by atoms with E-state index in [0.717, 1.165) is 24.2 Å². The zero-order valence-corrected chi connectivity index (χ0v) is 11.6. The van der Waals surface area contributed by atoms with Crippen molar-refractivity contribution in [1.82, 2.24) is 0 Å². The fraction of sp³-hybridized carbons (Fsp3) is 0.250. The van der Waals surface area contributed by atoms with Gasteiger partial charge in [0.2, 0.25) is 0 Å². The van der Waals surface area contributed by atoms with Gasteiger partial charge in [-0.05, 0) is 29.7 Å². The van der Waals surface area contributed by atoms with Crippen molar-refractivity contribution >= 4 is 17.3 Å². The van der Waals surface area contributed by atoms with Gasteiger partial charge < -0.3 is 5.32 Å². The number of nitrogens with one attached hydrogen (secondary N) is 1. The Morgan fingerprint density at radius 3 is 2.90 bits per heavy atom. The molecule has 0 amide bonds. The second-order valence-corrected chi connectivity index (χ2v) is 5.37. The molecule has 0 bridgehead atoms. The van der Waals surface area contributed by atoms with Crippen molar-refractivity contribution in [3.05, 3.63) is 63.9 Å². The van der Waals surface area contributed by atoms with Crippen LogP contribution in [0.5, 0.6) is 0 Å². The van der Waals surface area contributed by atoms with Crippen LogP contribution in [-0.4, -0.2) is 6.54 Å². The lowest BCUT2D eigenvalue weighted by Gasteiger charge is -2.14. The molecule has 0 saturated heterocycles. The van der Waals surface area contributed by atoms with Crippen molar-refractivity contribution in [2.75, 3.05) is 11.9 Å². The second-order valence-electron chi connectivity index (χ2n) is 4.97. The lowest BCUT2D eigenvalue weighted by molar-refractivity contribution is 0.343. The van der Waals surface area contributed by atoms with E-state index in [1.807, 2.05) is 12.1 Å². The van der Waals surface area contributed by atoms with Crippen LogP contribution in [-0.2, 0) is 12.8 Å². The molecule has 3 rings (SSSR count). The van der Waals surface area contributed by atoms with Crippen LogP contribution in [0.25, 0.3) is 0 Å². The van der Waals surface area contributed by atoms with Crippen LogP contribution in [0.4, 0.5) is 14.5 Å². The fourth-order valence-corrected chi connectivity index (χ4v) is 2.86. The normalized spacial score (nSPS) is 14.8. The molecule has 1 aliphatic heterocycles. The maximum absolute atomic E-state index is 14.6. The smallest absolute Gasteiger partial charge is 0.131 e. The first kappa shape index (κ1) is 13.4. The second kappa shape index (κ2) is 5.41. The van der Waals surface area contributed by atoms with Gasteiger partial charge in [-0.1, -0.05) is 35.9 Å². The Kier molecular flexibility index (Phi) is 3.62. The average Bonchev–Trinajstić information content (AvgIpc) is 2.90. The Morgan fingerprint density at radius 2 is 2.10 bits per heavy atom. The molecule has 0 spiro atoms. The van der Waals surface area contributed by atoms with Gasteiger partial charge in [-0.25, -0.2) is 8.78 Å². The van der Waals surface area contributed by atoms with E-state index in [1.165, 1.54) is 12.1 Å². The number of alkyl halides is 1. The first-order chi connectivity index (χ1) is 9.65. The number of rotatable bonds is 3. The minimum Gasteiger partial charge on any atom is -0.384 e. The highest BCUT2D eigenvalue weighted by Gasteiger charge is 2.21. The highest BCUT2D eigenvalue weighted by Crippen LogP contribution is 2.35. The standard InChI is InChI=1S/C16H14ClF2N/c17-14-9-12(18)5-4-11(14)8-15(19)13-3-1-2-10-6-7-20-16(10)13/h1-5,9,15,20H,6-8H2. The molecule has 20 heavy (non-hydrogen) atoms. The van der Waals surface area contributed by atoms with Gasteiger partial charge in [0, 0.05) is 29.2 Å². The van der Waals surface area contributed by atoms with E-state index in [9.17, 15) is 8.78 Å². The summed E-state index contributed by atoms with van der Waals surface area (Å²) < 4.78 is 27.6. The van der Waals surface area contributed by atoms with Crippen LogP contribution in [0.3, 0.4) is 0 Å². The van der Waals surface area contributed by atoms with Gasteiger partial charge in [-0.2, -0.15) is 0 Å². The summed E-state index contributed by atoms with van der Waals surface area (Å²) in [7, 11) is 0. The van der Waals surface area contributed by atoms with Crippen LogP contribution in [0.2, 0.25) is 5.02 Å². The summed E-state index contributed by atoms with van der Waals surface area (Å²) in [5.41, 5.74) is 3.32. The predicted molar refractivity (Wildman–Crippen MR) is 77.6 cm³/mol.